The van der Waals surface area contributed by atoms with E-state index in [4.69, 9.17) is 15.1 Å². The number of likely N-dealkylation sites (tertiary alicyclic amines) is 1. The van der Waals surface area contributed by atoms with E-state index in [0.717, 1.165) is 5.56 Å². The molecule has 144 valence electrons. The third-order valence-electron chi connectivity index (χ3n) is 5.47. The van der Waals surface area contributed by atoms with Crippen LogP contribution < -0.4 is 20.4 Å². The van der Waals surface area contributed by atoms with Crippen LogP contribution in [0.25, 0.3) is 0 Å². The average Bonchev–Trinajstić information content (AvgIpc) is 3.06. The molecular formula is C17H22BN3O6. The Morgan fingerprint density at radius 3 is 2.81 bits per heavy atom. The number of carbonyl (C=O) groups is 2. The van der Waals surface area contributed by atoms with Gasteiger partial charge in [-0.1, -0.05) is 6.07 Å². The van der Waals surface area contributed by atoms with Crippen molar-refractivity contribution in [2.75, 3.05) is 19.6 Å². The maximum Gasteiger partial charge on any atom is 0.522 e. The zero-order valence-electron chi connectivity index (χ0n) is 14.8. The highest BCUT2D eigenvalue weighted by Gasteiger charge is 2.40. The summed E-state index contributed by atoms with van der Waals surface area (Å²) in [5.74, 6) is -1.04. The number of rotatable bonds is 5. The molecule has 2 atom stereocenters. The molecule has 1 amide bonds. The van der Waals surface area contributed by atoms with Gasteiger partial charge in [0.2, 0.25) is 5.91 Å². The van der Waals surface area contributed by atoms with Crippen LogP contribution in [0.1, 0.15) is 22.3 Å². The summed E-state index contributed by atoms with van der Waals surface area (Å²) in [6.45, 7) is 2.00. The maximum absolute atomic E-state index is 11.8. The first-order valence-electron chi connectivity index (χ1n) is 9.09. The van der Waals surface area contributed by atoms with E-state index in [1.165, 1.54) is 0 Å². The second-order valence-corrected chi connectivity index (χ2v) is 7.29. The van der Waals surface area contributed by atoms with Crippen LogP contribution in [0.3, 0.4) is 0 Å². The van der Waals surface area contributed by atoms with Crippen molar-refractivity contribution in [2.45, 2.75) is 37.3 Å². The third kappa shape index (κ3) is 3.47. The number of carboxylic acids is 1. The van der Waals surface area contributed by atoms with Crippen LogP contribution >= 0.6 is 0 Å². The quantitative estimate of drug-likeness (QED) is 0.486. The van der Waals surface area contributed by atoms with Gasteiger partial charge in [0.1, 0.15) is 23.2 Å². The van der Waals surface area contributed by atoms with Crippen LogP contribution in [0.15, 0.2) is 12.1 Å². The maximum atomic E-state index is 11.8. The van der Waals surface area contributed by atoms with Gasteiger partial charge in [0.05, 0.1) is 6.04 Å². The molecular weight excluding hydrogens is 353 g/mol. The van der Waals surface area contributed by atoms with E-state index in [1.807, 2.05) is 0 Å². The van der Waals surface area contributed by atoms with E-state index >= 15 is 0 Å². The normalized spacial score (nSPS) is 25.4. The van der Waals surface area contributed by atoms with Crippen molar-refractivity contribution in [2.24, 2.45) is 5.73 Å². The Balaban J connectivity index is 1.42. The number of nitrogens with zero attached hydrogens (tertiary/aromatic N) is 1. The molecule has 4 rings (SSSR count). The minimum Gasteiger partial charge on any atom is -0.535 e. The summed E-state index contributed by atoms with van der Waals surface area (Å²) in [5, 5.41) is 22.4. The molecule has 0 unspecified atom stereocenters. The lowest BCUT2D eigenvalue weighted by atomic mass is 9.78. The van der Waals surface area contributed by atoms with Crippen LogP contribution in [0.4, 0.5) is 0 Å². The van der Waals surface area contributed by atoms with Gasteiger partial charge in [-0.05, 0) is 30.8 Å². The second-order valence-electron chi connectivity index (χ2n) is 7.29. The predicted octanol–water partition coefficient (Wildman–Crippen LogP) is -0.921. The third-order valence-corrected chi connectivity index (χ3v) is 5.47. The first-order chi connectivity index (χ1) is 12.9. The monoisotopic (exact) mass is 375 g/mol. The summed E-state index contributed by atoms with van der Waals surface area (Å²) in [4.78, 5) is 25.2. The number of hydrogen-bond acceptors (Lipinski definition) is 7. The van der Waals surface area contributed by atoms with E-state index in [9.17, 15) is 19.7 Å². The summed E-state index contributed by atoms with van der Waals surface area (Å²) in [5.41, 5.74) is 6.05. The SMILES string of the molecule is NC(=O)[C@H]1C[C@H](N2CC(Oc3ccc4c(c3C(=O)O)OB(O)CC4)C2)CN1. The van der Waals surface area contributed by atoms with E-state index < -0.39 is 13.1 Å². The minimum absolute atomic E-state index is 0.0407. The van der Waals surface area contributed by atoms with Crippen LogP contribution in [-0.2, 0) is 11.2 Å². The topological polar surface area (TPSA) is 134 Å². The highest BCUT2D eigenvalue weighted by atomic mass is 16.5. The molecule has 0 saturated carbocycles. The van der Waals surface area contributed by atoms with Gasteiger partial charge in [-0.2, -0.15) is 0 Å². The van der Waals surface area contributed by atoms with Gasteiger partial charge >= 0.3 is 13.1 Å². The number of nitrogens with one attached hydrogen (secondary N) is 1. The molecule has 3 heterocycles. The van der Waals surface area contributed by atoms with Crippen molar-refractivity contribution in [3.63, 3.8) is 0 Å². The van der Waals surface area contributed by atoms with Gasteiger partial charge < -0.3 is 30.6 Å². The number of carboxylic acid groups (broad SMARTS) is 1. The lowest BCUT2D eigenvalue weighted by Gasteiger charge is -2.42. The first-order valence-corrected chi connectivity index (χ1v) is 9.09. The molecule has 5 N–H and O–H groups in total. The standard InChI is InChI=1S/C17H22BN3O6/c19-16(22)12-5-10(6-20-12)21-7-11(8-21)26-13-2-1-9-3-4-18(25)27-15(9)14(13)17(23)24/h1-2,10-12,20,25H,3-8H2,(H2,19,22)(H,23,24)/t10-,12+/m0/s1. The number of fused-ring (bicyclic) bond motifs is 1. The molecule has 0 aliphatic carbocycles. The van der Waals surface area contributed by atoms with Gasteiger partial charge in [-0.15, -0.1) is 0 Å². The summed E-state index contributed by atoms with van der Waals surface area (Å²) in [6.07, 6.45) is 1.53. The number of carbonyl (C=O) groups excluding carboxylic acids is 1. The number of aromatic carboxylic acids is 1. The fourth-order valence-corrected chi connectivity index (χ4v) is 3.95. The Morgan fingerprint density at radius 2 is 2.15 bits per heavy atom. The lowest BCUT2D eigenvalue weighted by molar-refractivity contribution is -0.119. The summed E-state index contributed by atoms with van der Waals surface area (Å²) >= 11 is 0. The number of primary amides is 1. The lowest BCUT2D eigenvalue weighted by Crippen LogP contribution is -2.58. The van der Waals surface area contributed by atoms with Crippen molar-refractivity contribution < 1.29 is 29.1 Å². The molecule has 1 aromatic rings. The van der Waals surface area contributed by atoms with Crippen molar-refractivity contribution in [3.05, 3.63) is 23.3 Å². The molecule has 3 aliphatic heterocycles. The van der Waals surface area contributed by atoms with E-state index in [0.29, 0.717) is 38.8 Å². The Bertz CT molecular complexity index is 769. The molecule has 2 fully saturated rings. The van der Waals surface area contributed by atoms with Crippen LogP contribution in [0.2, 0.25) is 6.32 Å². The van der Waals surface area contributed by atoms with Crippen molar-refractivity contribution in [1.82, 2.24) is 10.2 Å². The second kappa shape index (κ2) is 7.03. The number of aryl methyl sites for hydroxylation is 1. The predicted molar refractivity (Wildman–Crippen MR) is 95.9 cm³/mol. The van der Waals surface area contributed by atoms with E-state index in [1.54, 1.807) is 12.1 Å². The molecule has 0 aromatic heterocycles. The molecule has 0 spiro atoms. The van der Waals surface area contributed by atoms with Gasteiger partial charge in [0.25, 0.3) is 0 Å². The Hall–Kier alpha value is -2.30. The number of ether oxygens (including phenoxy) is 1. The van der Waals surface area contributed by atoms with E-state index in [2.05, 4.69) is 10.2 Å². The fraction of sp³-hybridized carbons (Fsp3) is 0.529. The molecule has 0 radical (unpaired) electrons. The summed E-state index contributed by atoms with van der Waals surface area (Å²) in [7, 11) is -1.00. The first kappa shape index (κ1) is 18.1. The van der Waals surface area contributed by atoms with E-state index in [-0.39, 0.29) is 41.2 Å². The highest BCUT2D eigenvalue weighted by Crippen LogP contribution is 2.37. The summed E-state index contributed by atoms with van der Waals surface area (Å²) < 4.78 is 11.3. The Labute approximate surface area is 156 Å². The van der Waals surface area contributed by atoms with Crippen LogP contribution in [-0.4, -0.2) is 71.8 Å². The molecule has 1 aromatic carbocycles. The van der Waals surface area contributed by atoms with Gasteiger partial charge in [-0.3, -0.25) is 9.69 Å². The van der Waals surface area contributed by atoms with Gasteiger partial charge in [-0.25, -0.2) is 4.79 Å². The summed E-state index contributed by atoms with van der Waals surface area (Å²) in [6, 6.07) is 3.38. The highest BCUT2D eigenvalue weighted by molar-refractivity contribution is 6.44. The minimum atomic E-state index is -1.14. The molecule has 9 nitrogen and oxygen atoms in total. The zero-order chi connectivity index (χ0) is 19.1. The molecule has 10 heteroatoms. The molecule has 2 saturated heterocycles. The van der Waals surface area contributed by atoms with Crippen molar-refractivity contribution in [3.8, 4) is 11.5 Å². The zero-order valence-corrected chi connectivity index (χ0v) is 14.8. The molecule has 3 aliphatic rings. The Kier molecular flexibility index (Phi) is 4.71. The number of hydrogen-bond donors (Lipinski definition) is 4. The number of nitrogens with two attached hydrogens (primary N) is 1. The molecule has 0 bridgehead atoms. The van der Waals surface area contributed by atoms with Gasteiger partial charge in [0.15, 0.2) is 0 Å². The fourth-order valence-electron chi connectivity index (χ4n) is 3.95. The van der Waals surface area contributed by atoms with Crippen molar-refractivity contribution in [1.29, 1.82) is 0 Å². The van der Waals surface area contributed by atoms with Gasteiger partial charge in [0, 0.05) is 25.7 Å². The molecule has 27 heavy (non-hydrogen) atoms. The van der Waals surface area contributed by atoms with Crippen molar-refractivity contribution >= 4 is 19.0 Å². The number of benzene rings is 1. The largest absolute Gasteiger partial charge is 0.535 e. The smallest absolute Gasteiger partial charge is 0.522 e. The average molecular weight is 375 g/mol. The van der Waals surface area contributed by atoms with Crippen LogP contribution in [0.5, 0.6) is 11.5 Å². The Morgan fingerprint density at radius 1 is 1.37 bits per heavy atom. The van der Waals surface area contributed by atoms with Crippen LogP contribution in [0, 0.1) is 0 Å². The number of amides is 1.